The van der Waals surface area contributed by atoms with E-state index in [-0.39, 0.29) is 17.4 Å². The lowest BCUT2D eigenvalue weighted by molar-refractivity contribution is 0.0929. The van der Waals surface area contributed by atoms with E-state index in [1.807, 2.05) is 0 Å². The molecular formula is C15H19N3O3. The van der Waals surface area contributed by atoms with Gasteiger partial charge in [-0.05, 0) is 38.3 Å². The predicted molar refractivity (Wildman–Crippen MR) is 77.7 cm³/mol. The van der Waals surface area contributed by atoms with Crippen LogP contribution >= 0.6 is 0 Å². The molecule has 6 heteroatoms. The number of aromatic amines is 1. The second-order valence-electron chi connectivity index (χ2n) is 5.70. The molecule has 1 aliphatic carbocycles. The van der Waals surface area contributed by atoms with Gasteiger partial charge in [-0.3, -0.25) is 14.4 Å². The second-order valence-corrected chi connectivity index (χ2v) is 5.70. The number of nitrogens with one attached hydrogen (secondary N) is 3. The smallest absolute Gasteiger partial charge is 0.261 e. The molecule has 0 bridgehead atoms. The maximum Gasteiger partial charge on any atom is 0.261 e. The molecule has 2 heterocycles. The Balaban J connectivity index is 1.84. The van der Waals surface area contributed by atoms with Crippen LogP contribution in [0.25, 0.3) is 0 Å². The molecule has 0 saturated carbocycles. The first-order valence-corrected chi connectivity index (χ1v) is 7.46. The van der Waals surface area contributed by atoms with Crippen molar-refractivity contribution in [2.45, 2.75) is 38.1 Å². The van der Waals surface area contributed by atoms with Gasteiger partial charge in [0.25, 0.3) is 11.5 Å². The van der Waals surface area contributed by atoms with E-state index >= 15 is 0 Å². The van der Waals surface area contributed by atoms with Crippen molar-refractivity contribution < 1.29 is 9.59 Å². The minimum atomic E-state index is -0.412. The Hall–Kier alpha value is -1.95. The van der Waals surface area contributed by atoms with Crippen LogP contribution in [0.5, 0.6) is 0 Å². The SMILES string of the molecule is O=C1CCCc2[nH]c(=O)c(C(=O)N[C@H]3CCCNC3)cc21. The van der Waals surface area contributed by atoms with Crippen molar-refractivity contribution in [3.63, 3.8) is 0 Å². The van der Waals surface area contributed by atoms with Crippen LogP contribution in [0, 0.1) is 0 Å². The lowest BCUT2D eigenvalue weighted by atomic mass is 9.93. The fourth-order valence-electron chi connectivity index (χ4n) is 2.98. The van der Waals surface area contributed by atoms with Crippen molar-refractivity contribution in [2.24, 2.45) is 0 Å². The third kappa shape index (κ3) is 2.90. The molecule has 1 aliphatic heterocycles. The van der Waals surface area contributed by atoms with Gasteiger partial charge in [0.2, 0.25) is 0 Å². The summed E-state index contributed by atoms with van der Waals surface area (Å²) in [4.78, 5) is 38.9. The highest BCUT2D eigenvalue weighted by atomic mass is 16.2. The van der Waals surface area contributed by atoms with Crippen molar-refractivity contribution in [1.29, 1.82) is 0 Å². The number of Topliss-reactive ketones (excluding diaryl/α,β-unsaturated/α-hetero) is 1. The van der Waals surface area contributed by atoms with E-state index in [4.69, 9.17) is 0 Å². The van der Waals surface area contributed by atoms with Crippen LogP contribution in [-0.2, 0) is 6.42 Å². The maximum absolute atomic E-state index is 12.3. The van der Waals surface area contributed by atoms with E-state index in [1.54, 1.807) is 0 Å². The molecule has 1 atom stereocenters. The minimum absolute atomic E-state index is 0.000818. The van der Waals surface area contributed by atoms with Gasteiger partial charge in [0, 0.05) is 30.3 Å². The number of fused-ring (bicyclic) bond motifs is 1. The van der Waals surface area contributed by atoms with Crippen LogP contribution in [0.4, 0.5) is 0 Å². The van der Waals surface area contributed by atoms with Gasteiger partial charge in [-0.1, -0.05) is 0 Å². The van der Waals surface area contributed by atoms with Crippen LogP contribution in [0.3, 0.4) is 0 Å². The number of piperidine rings is 1. The van der Waals surface area contributed by atoms with E-state index in [0.29, 0.717) is 30.6 Å². The van der Waals surface area contributed by atoms with Gasteiger partial charge in [-0.15, -0.1) is 0 Å². The highest BCUT2D eigenvalue weighted by Gasteiger charge is 2.23. The molecule has 2 aliphatic rings. The molecule has 0 radical (unpaired) electrons. The van der Waals surface area contributed by atoms with Crippen molar-refractivity contribution in [3.8, 4) is 0 Å². The zero-order valence-corrected chi connectivity index (χ0v) is 11.8. The van der Waals surface area contributed by atoms with E-state index in [9.17, 15) is 14.4 Å². The molecular weight excluding hydrogens is 270 g/mol. The quantitative estimate of drug-likeness (QED) is 0.734. The molecule has 3 rings (SSSR count). The topological polar surface area (TPSA) is 91.1 Å². The Morgan fingerprint density at radius 1 is 1.24 bits per heavy atom. The van der Waals surface area contributed by atoms with Crippen molar-refractivity contribution in [3.05, 3.63) is 33.2 Å². The largest absolute Gasteiger partial charge is 0.348 e. The summed E-state index contributed by atoms with van der Waals surface area (Å²) in [7, 11) is 0. The van der Waals surface area contributed by atoms with Gasteiger partial charge in [0.1, 0.15) is 5.56 Å². The fraction of sp³-hybridized carbons (Fsp3) is 0.533. The summed E-state index contributed by atoms with van der Waals surface area (Å²) in [6.45, 7) is 1.67. The Kier molecular flexibility index (Phi) is 3.88. The maximum atomic E-state index is 12.3. The van der Waals surface area contributed by atoms with Gasteiger partial charge in [-0.2, -0.15) is 0 Å². The fourth-order valence-corrected chi connectivity index (χ4v) is 2.98. The number of pyridine rings is 1. The number of amides is 1. The number of hydrogen-bond donors (Lipinski definition) is 3. The van der Waals surface area contributed by atoms with Crippen LogP contribution in [0.1, 0.15) is 52.1 Å². The molecule has 1 saturated heterocycles. The number of hydrogen-bond acceptors (Lipinski definition) is 4. The Bertz CT molecular complexity index is 630. The third-order valence-electron chi connectivity index (χ3n) is 4.13. The number of carbonyl (C=O) groups is 2. The number of aromatic nitrogens is 1. The van der Waals surface area contributed by atoms with Gasteiger partial charge in [0.05, 0.1) is 0 Å². The Labute approximate surface area is 122 Å². The molecule has 1 aromatic heterocycles. The van der Waals surface area contributed by atoms with Gasteiger partial charge >= 0.3 is 0 Å². The molecule has 1 amide bonds. The van der Waals surface area contributed by atoms with E-state index in [2.05, 4.69) is 15.6 Å². The normalized spacial score (nSPS) is 21.7. The van der Waals surface area contributed by atoms with Crippen molar-refractivity contribution in [2.75, 3.05) is 13.1 Å². The molecule has 0 spiro atoms. The van der Waals surface area contributed by atoms with Crippen LogP contribution < -0.4 is 16.2 Å². The lowest BCUT2D eigenvalue weighted by Gasteiger charge is -2.24. The lowest BCUT2D eigenvalue weighted by Crippen LogP contribution is -2.46. The average Bonchev–Trinajstić information content (AvgIpc) is 2.48. The second kappa shape index (κ2) is 5.81. The number of H-pyrrole nitrogens is 1. The number of aryl methyl sites for hydroxylation is 1. The summed E-state index contributed by atoms with van der Waals surface area (Å²) >= 11 is 0. The molecule has 112 valence electrons. The number of rotatable bonds is 2. The van der Waals surface area contributed by atoms with Crippen molar-refractivity contribution in [1.82, 2.24) is 15.6 Å². The molecule has 1 aromatic rings. The van der Waals surface area contributed by atoms with Gasteiger partial charge < -0.3 is 15.6 Å². The first kappa shape index (κ1) is 14.0. The van der Waals surface area contributed by atoms with E-state index in [1.165, 1.54) is 6.07 Å². The third-order valence-corrected chi connectivity index (χ3v) is 4.13. The zero-order chi connectivity index (χ0) is 14.8. The standard InChI is InChI=1S/C15H19N3O3/c19-13-5-1-4-12-10(13)7-11(15(21)18-12)14(20)17-9-3-2-6-16-8-9/h7,9,16H,1-6,8H2,(H,17,20)(H,18,21)/t9-/m0/s1. The monoisotopic (exact) mass is 289 g/mol. The zero-order valence-electron chi connectivity index (χ0n) is 11.8. The molecule has 6 nitrogen and oxygen atoms in total. The van der Waals surface area contributed by atoms with Gasteiger partial charge in [0.15, 0.2) is 5.78 Å². The summed E-state index contributed by atoms with van der Waals surface area (Å²) in [6, 6.07) is 1.50. The highest BCUT2D eigenvalue weighted by molar-refractivity contribution is 6.01. The van der Waals surface area contributed by atoms with E-state index in [0.717, 1.165) is 25.8 Å². The highest BCUT2D eigenvalue weighted by Crippen LogP contribution is 2.18. The van der Waals surface area contributed by atoms with Crippen LogP contribution in [-0.4, -0.2) is 35.8 Å². The summed E-state index contributed by atoms with van der Waals surface area (Å²) in [6.07, 6.45) is 3.82. The number of ketones is 1. The molecule has 3 N–H and O–H groups in total. The average molecular weight is 289 g/mol. The number of carbonyl (C=O) groups excluding carboxylic acids is 2. The first-order valence-electron chi connectivity index (χ1n) is 7.46. The minimum Gasteiger partial charge on any atom is -0.348 e. The molecule has 1 fully saturated rings. The summed E-state index contributed by atoms with van der Waals surface area (Å²) < 4.78 is 0. The summed E-state index contributed by atoms with van der Waals surface area (Å²) in [5, 5.41) is 6.07. The van der Waals surface area contributed by atoms with Crippen LogP contribution in [0.15, 0.2) is 10.9 Å². The summed E-state index contributed by atoms with van der Waals surface area (Å²) in [5.41, 5.74) is 0.777. The summed E-state index contributed by atoms with van der Waals surface area (Å²) in [5.74, 6) is -0.396. The first-order chi connectivity index (χ1) is 10.1. The predicted octanol–water partition coefficient (Wildman–Crippen LogP) is 0.376. The van der Waals surface area contributed by atoms with Crippen LogP contribution in [0.2, 0.25) is 0 Å². The van der Waals surface area contributed by atoms with Crippen molar-refractivity contribution >= 4 is 11.7 Å². The Morgan fingerprint density at radius 2 is 2.10 bits per heavy atom. The molecule has 21 heavy (non-hydrogen) atoms. The van der Waals surface area contributed by atoms with Gasteiger partial charge in [-0.25, -0.2) is 0 Å². The Morgan fingerprint density at radius 3 is 2.86 bits per heavy atom. The van der Waals surface area contributed by atoms with E-state index < -0.39 is 11.5 Å². The molecule has 0 unspecified atom stereocenters. The molecule has 0 aromatic carbocycles.